The van der Waals surface area contributed by atoms with E-state index in [2.05, 4.69) is 27.9 Å². The van der Waals surface area contributed by atoms with Gasteiger partial charge in [-0.05, 0) is 30.7 Å². The van der Waals surface area contributed by atoms with E-state index in [1.54, 1.807) is 0 Å². The summed E-state index contributed by atoms with van der Waals surface area (Å²) < 4.78 is 2.23. The van der Waals surface area contributed by atoms with E-state index < -0.39 is 0 Å². The Balaban J connectivity index is 1.39. The van der Waals surface area contributed by atoms with Crippen LogP contribution in [0.5, 0.6) is 0 Å². The maximum atomic E-state index is 12.8. The first-order valence-electron chi connectivity index (χ1n) is 10.1. The summed E-state index contributed by atoms with van der Waals surface area (Å²) in [5.74, 6) is 0.760. The van der Waals surface area contributed by atoms with Crippen molar-refractivity contribution in [2.24, 2.45) is 0 Å². The number of carbonyl (C=O) groups excluding carboxylic acids is 1. The second-order valence-corrected chi connectivity index (χ2v) is 9.04. The lowest BCUT2D eigenvalue weighted by molar-refractivity contribution is 0.103. The Morgan fingerprint density at radius 3 is 2.65 bits per heavy atom. The van der Waals surface area contributed by atoms with Crippen LogP contribution in [-0.4, -0.2) is 20.4 Å². The Morgan fingerprint density at radius 1 is 1.00 bits per heavy atom. The summed E-state index contributed by atoms with van der Waals surface area (Å²) in [4.78, 5) is 23.8. The Hall–Kier alpha value is -3.29. The summed E-state index contributed by atoms with van der Waals surface area (Å²) in [5.41, 5.74) is 3.99. The van der Waals surface area contributed by atoms with Crippen molar-refractivity contribution in [1.82, 2.24) is 14.5 Å². The van der Waals surface area contributed by atoms with Gasteiger partial charge >= 0.3 is 0 Å². The standard InChI is InChI=1S/C24H20N4OS2/c1-2-14-28-19-11-7-6-10-17(19)25-22(28)20-12-13-21(31-20)23(29)27-24-26-18(15-30-24)16-8-4-3-5-9-16/h3-13,15H,2,14H2,1H3,(H,26,27,29). The van der Waals surface area contributed by atoms with Gasteiger partial charge in [0.1, 0.15) is 0 Å². The van der Waals surface area contributed by atoms with Crippen molar-refractivity contribution < 1.29 is 4.79 Å². The first-order chi connectivity index (χ1) is 15.2. The van der Waals surface area contributed by atoms with Crippen molar-refractivity contribution in [2.45, 2.75) is 19.9 Å². The number of fused-ring (bicyclic) bond motifs is 1. The number of anilines is 1. The Kier molecular flexibility index (Phi) is 5.36. The normalized spacial score (nSPS) is 11.1. The quantitative estimate of drug-likeness (QED) is 0.323. The lowest BCUT2D eigenvalue weighted by Gasteiger charge is -2.05. The maximum absolute atomic E-state index is 12.8. The van der Waals surface area contributed by atoms with E-state index in [1.807, 2.05) is 66.0 Å². The number of rotatable bonds is 6. The third-order valence-electron chi connectivity index (χ3n) is 4.95. The number of aromatic nitrogens is 3. The van der Waals surface area contributed by atoms with Crippen molar-refractivity contribution in [3.05, 3.63) is 77.0 Å². The smallest absolute Gasteiger partial charge is 0.267 e. The highest BCUT2D eigenvalue weighted by Gasteiger charge is 2.17. The summed E-state index contributed by atoms with van der Waals surface area (Å²) in [6, 6.07) is 21.9. The molecule has 5 rings (SSSR count). The molecule has 5 aromatic rings. The molecule has 0 spiro atoms. The number of para-hydroxylation sites is 2. The van der Waals surface area contributed by atoms with Gasteiger partial charge in [0.05, 0.1) is 26.5 Å². The minimum Gasteiger partial charge on any atom is -0.323 e. The van der Waals surface area contributed by atoms with Gasteiger partial charge in [-0.25, -0.2) is 9.97 Å². The van der Waals surface area contributed by atoms with Gasteiger partial charge in [0, 0.05) is 17.5 Å². The molecule has 0 fully saturated rings. The third-order valence-corrected chi connectivity index (χ3v) is 6.78. The molecule has 3 aromatic heterocycles. The van der Waals surface area contributed by atoms with Gasteiger partial charge in [0.15, 0.2) is 11.0 Å². The van der Waals surface area contributed by atoms with Crippen LogP contribution in [0.4, 0.5) is 5.13 Å². The van der Waals surface area contributed by atoms with Gasteiger partial charge in [0.2, 0.25) is 0 Å². The molecule has 0 aliphatic carbocycles. The van der Waals surface area contributed by atoms with Gasteiger partial charge in [-0.3, -0.25) is 10.1 Å². The molecule has 0 saturated heterocycles. The largest absolute Gasteiger partial charge is 0.323 e. The number of thiazole rings is 1. The number of amides is 1. The van der Waals surface area contributed by atoms with Crippen LogP contribution in [0.15, 0.2) is 72.1 Å². The monoisotopic (exact) mass is 444 g/mol. The molecule has 0 radical (unpaired) electrons. The molecule has 1 amide bonds. The van der Waals surface area contributed by atoms with E-state index in [1.165, 1.54) is 22.7 Å². The van der Waals surface area contributed by atoms with Crippen LogP contribution in [0.3, 0.4) is 0 Å². The highest BCUT2D eigenvalue weighted by atomic mass is 32.1. The Bertz CT molecular complexity index is 1350. The van der Waals surface area contributed by atoms with Crippen molar-refractivity contribution in [2.75, 3.05) is 5.32 Å². The van der Waals surface area contributed by atoms with E-state index in [0.29, 0.717) is 10.0 Å². The fraction of sp³-hybridized carbons (Fsp3) is 0.125. The topological polar surface area (TPSA) is 59.8 Å². The molecule has 7 heteroatoms. The molecular formula is C24H20N4OS2. The average Bonchev–Trinajstić information content (AvgIpc) is 3.53. The molecule has 0 bridgehead atoms. The first-order valence-corrected chi connectivity index (χ1v) is 11.8. The molecule has 1 N–H and O–H groups in total. The number of hydrogen-bond acceptors (Lipinski definition) is 5. The lowest BCUT2D eigenvalue weighted by Crippen LogP contribution is -2.09. The second kappa shape index (κ2) is 8.45. The number of benzene rings is 2. The SMILES string of the molecule is CCCn1c(-c2ccc(C(=O)Nc3nc(-c4ccccc4)cs3)s2)nc2ccccc21. The molecule has 3 heterocycles. The number of thiophene rings is 1. The molecule has 0 aliphatic heterocycles. The lowest BCUT2D eigenvalue weighted by atomic mass is 10.2. The van der Waals surface area contributed by atoms with Crippen molar-refractivity contribution in [3.63, 3.8) is 0 Å². The summed E-state index contributed by atoms with van der Waals surface area (Å²) in [6.07, 6.45) is 1.01. The van der Waals surface area contributed by atoms with Crippen LogP contribution < -0.4 is 5.32 Å². The molecule has 154 valence electrons. The molecule has 0 unspecified atom stereocenters. The third kappa shape index (κ3) is 3.89. The molecule has 2 aromatic carbocycles. The van der Waals surface area contributed by atoms with Crippen LogP contribution in [0.2, 0.25) is 0 Å². The first kappa shape index (κ1) is 19.7. The predicted octanol–water partition coefficient (Wildman–Crippen LogP) is 6.55. The number of imidazole rings is 1. The van der Waals surface area contributed by atoms with Crippen LogP contribution in [0.1, 0.15) is 23.0 Å². The molecule has 5 nitrogen and oxygen atoms in total. The van der Waals surface area contributed by atoms with E-state index in [0.717, 1.165) is 46.0 Å². The van der Waals surface area contributed by atoms with Gasteiger partial charge in [-0.2, -0.15) is 0 Å². The van der Waals surface area contributed by atoms with Crippen LogP contribution in [0.25, 0.3) is 33.0 Å². The van der Waals surface area contributed by atoms with Crippen molar-refractivity contribution >= 4 is 44.7 Å². The zero-order valence-corrected chi connectivity index (χ0v) is 18.5. The molecular weight excluding hydrogens is 424 g/mol. The van der Waals surface area contributed by atoms with Gasteiger partial charge in [0.25, 0.3) is 5.91 Å². The minimum absolute atomic E-state index is 0.150. The van der Waals surface area contributed by atoms with E-state index in [-0.39, 0.29) is 5.91 Å². The van der Waals surface area contributed by atoms with Crippen molar-refractivity contribution in [1.29, 1.82) is 0 Å². The van der Waals surface area contributed by atoms with Gasteiger partial charge in [-0.15, -0.1) is 22.7 Å². The highest BCUT2D eigenvalue weighted by Crippen LogP contribution is 2.32. The molecule has 0 aliphatic rings. The summed E-state index contributed by atoms with van der Waals surface area (Å²) in [5, 5.41) is 5.48. The minimum atomic E-state index is -0.150. The van der Waals surface area contributed by atoms with E-state index >= 15 is 0 Å². The Morgan fingerprint density at radius 2 is 1.81 bits per heavy atom. The molecule has 0 atom stereocenters. The van der Waals surface area contributed by atoms with E-state index in [9.17, 15) is 4.79 Å². The number of aryl methyl sites for hydroxylation is 1. The zero-order chi connectivity index (χ0) is 21.2. The molecule has 31 heavy (non-hydrogen) atoms. The van der Waals surface area contributed by atoms with Gasteiger partial charge < -0.3 is 4.57 Å². The number of carbonyl (C=O) groups is 1. The number of hydrogen-bond donors (Lipinski definition) is 1. The van der Waals surface area contributed by atoms with Crippen molar-refractivity contribution in [3.8, 4) is 22.0 Å². The number of nitrogens with zero attached hydrogens (tertiary/aromatic N) is 3. The van der Waals surface area contributed by atoms with Gasteiger partial charge in [-0.1, -0.05) is 49.4 Å². The average molecular weight is 445 g/mol. The predicted molar refractivity (Wildman–Crippen MR) is 129 cm³/mol. The number of nitrogens with one attached hydrogen (secondary N) is 1. The van der Waals surface area contributed by atoms with Crippen LogP contribution in [-0.2, 0) is 6.54 Å². The summed E-state index contributed by atoms with van der Waals surface area (Å²) >= 11 is 2.88. The fourth-order valence-electron chi connectivity index (χ4n) is 3.53. The summed E-state index contributed by atoms with van der Waals surface area (Å²) in [6.45, 7) is 3.04. The molecule has 0 saturated carbocycles. The van der Waals surface area contributed by atoms with Crippen LogP contribution in [0, 0.1) is 0 Å². The zero-order valence-electron chi connectivity index (χ0n) is 16.9. The van der Waals surface area contributed by atoms with E-state index in [4.69, 9.17) is 4.98 Å². The maximum Gasteiger partial charge on any atom is 0.267 e. The van der Waals surface area contributed by atoms with Crippen LogP contribution >= 0.6 is 22.7 Å². The second-order valence-electron chi connectivity index (χ2n) is 7.10. The summed E-state index contributed by atoms with van der Waals surface area (Å²) in [7, 11) is 0. The Labute approximate surface area is 188 Å². The fourth-order valence-corrected chi connectivity index (χ4v) is 5.14. The highest BCUT2D eigenvalue weighted by molar-refractivity contribution is 7.17.